The first-order chi connectivity index (χ1) is 9.08. The van der Waals surface area contributed by atoms with Crippen LogP contribution in [0.4, 0.5) is 0 Å². The lowest BCUT2D eigenvalue weighted by Crippen LogP contribution is -2.45. The average molecular weight is 287 g/mol. The van der Waals surface area contributed by atoms with Gasteiger partial charge >= 0.3 is 11.9 Å². The van der Waals surface area contributed by atoms with Crippen LogP contribution in [0.3, 0.4) is 0 Å². The van der Waals surface area contributed by atoms with Gasteiger partial charge in [-0.25, -0.2) is 4.79 Å². The van der Waals surface area contributed by atoms with Crippen LogP contribution < -0.4 is 5.73 Å². The molecule has 0 aromatic carbocycles. The molecule has 0 saturated carbocycles. The molecule has 0 spiro atoms. The highest BCUT2D eigenvalue weighted by Crippen LogP contribution is 2.09. The number of carbonyl (C=O) groups is 3. The summed E-state index contributed by atoms with van der Waals surface area (Å²) < 4.78 is 9.49. The van der Waals surface area contributed by atoms with E-state index < -0.39 is 41.9 Å². The molecule has 0 heterocycles. The lowest BCUT2D eigenvalue weighted by atomic mass is 10.1. The second-order valence-corrected chi connectivity index (χ2v) is 5.12. The lowest BCUT2D eigenvalue weighted by molar-refractivity contribution is -0.161. The monoisotopic (exact) mass is 287 g/mol. The van der Waals surface area contributed by atoms with E-state index in [1.807, 2.05) is 0 Å². The van der Waals surface area contributed by atoms with Gasteiger partial charge in [-0.3, -0.25) is 9.59 Å². The number of ether oxygens (including phenoxy) is 2. The van der Waals surface area contributed by atoms with E-state index in [0.29, 0.717) is 0 Å². The molecule has 7 nitrogen and oxygen atoms in total. The number of nitrogens with two attached hydrogens (primary N) is 1. The number of esters is 2. The van der Waals surface area contributed by atoms with Gasteiger partial charge in [-0.15, -0.1) is 0 Å². The largest absolute Gasteiger partial charge is 0.460 e. The number of carbonyl (C=O) groups excluding carboxylic acids is 3. The molecule has 0 radical (unpaired) electrons. The van der Waals surface area contributed by atoms with Crippen LogP contribution in [-0.4, -0.2) is 47.2 Å². The van der Waals surface area contributed by atoms with E-state index >= 15 is 0 Å². The van der Waals surface area contributed by atoms with E-state index in [2.05, 4.69) is 11.3 Å². The zero-order chi connectivity index (χ0) is 15.9. The maximum Gasteiger partial charge on any atom is 0.343 e. The van der Waals surface area contributed by atoms with Crippen molar-refractivity contribution in [1.82, 2.24) is 0 Å². The van der Waals surface area contributed by atoms with Gasteiger partial charge in [-0.1, -0.05) is 12.7 Å². The zero-order valence-electron chi connectivity index (χ0n) is 11.9. The fourth-order valence-corrected chi connectivity index (χ4v) is 1.20. The SMILES string of the molecule is C=CCOC(=O)C(O)C(=O)C(N)CC(=O)OC(C)(C)C. The average Bonchev–Trinajstić information content (AvgIpc) is 2.31. The summed E-state index contributed by atoms with van der Waals surface area (Å²) in [5.74, 6) is -2.82. The molecule has 0 aliphatic carbocycles. The molecule has 114 valence electrons. The molecule has 0 aromatic rings. The van der Waals surface area contributed by atoms with Gasteiger partial charge in [0.05, 0.1) is 12.5 Å². The smallest absolute Gasteiger partial charge is 0.343 e. The summed E-state index contributed by atoms with van der Waals surface area (Å²) >= 11 is 0. The highest BCUT2D eigenvalue weighted by molar-refractivity contribution is 6.05. The fraction of sp³-hybridized carbons (Fsp3) is 0.615. The molecule has 0 saturated heterocycles. The molecule has 0 amide bonds. The van der Waals surface area contributed by atoms with Crippen molar-refractivity contribution >= 4 is 17.7 Å². The van der Waals surface area contributed by atoms with Gasteiger partial charge in [0.2, 0.25) is 6.10 Å². The van der Waals surface area contributed by atoms with Crippen LogP contribution >= 0.6 is 0 Å². The number of hydrogen-bond acceptors (Lipinski definition) is 7. The first-order valence-electron chi connectivity index (χ1n) is 6.05. The Morgan fingerprint density at radius 2 is 1.90 bits per heavy atom. The Morgan fingerprint density at radius 3 is 2.35 bits per heavy atom. The topological polar surface area (TPSA) is 116 Å². The quantitative estimate of drug-likeness (QED) is 0.375. The van der Waals surface area contributed by atoms with E-state index in [0.717, 1.165) is 0 Å². The van der Waals surface area contributed by atoms with Gasteiger partial charge in [0.1, 0.15) is 12.2 Å². The minimum atomic E-state index is -2.02. The van der Waals surface area contributed by atoms with Crippen molar-refractivity contribution < 1.29 is 29.0 Å². The molecule has 2 unspecified atom stereocenters. The summed E-state index contributed by atoms with van der Waals surface area (Å²) in [5, 5.41) is 9.44. The standard InChI is InChI=1S/C13H21NO6/c1-5-6-19-12(18)11(17)10(16)8(14)7-9(15)20-13(2,3)4/h5,8,11,17H,1,6-7,14H2,2-4H3. The number of aliphatic hydroxyl groups is 1. The fourth-order valence-electron chi connectivity index (χ4n) is 1.20. The summed E-state index contributed by atoms with van der Waals surface area (Å²) in [6.07, 6.45) is -1.16. The number of aliphatic hydroxyl groups excluding tert-OH is 1. The predicted molar refractivity (Wildman–Crippen MR) is 70.6 cm³/mol. The van der Waals surface area contributed by atoms with Gasteiger partial charge < -0.3 is 20.3 Å². The van der Waals surface area contributed by atoms with Crippen molar-refractivity contribution in [3.63, 3.8) is 0 Å². The highest BCUT2D eigenvalue weighted by atomic mass is 16.6. The van der Waals surface area contributed by atoms with Crippen molar-refractivity contribution in [3.8, 4) is 0 Å². The van der Waals surface area contributed by atoms with Crippen LogP contribution in [0.5, 0.6) is 0 Å². The zero-order valence-corrected chi connectivity index (χ0v) is 11.9. The Morgan fingerprint density at radius 1 is 1.35 bits per heavy atom. The molecular formula is C13H21NO6. The van der Waals surface area contributed by atoms with Crippen LogP contribution in [0.15, 0.2) is 12.7 Å². The predicted octanol–water partition coefficient (Wildman–Crippen LogP) is -0.295. The molecule has 0 bridgehead atoms. The maximum atomic E-state index is 11.6. The van der Waals surface area contributed by atoms with Crippen molar-refractivity contribution in [2.24, 2.45) is 5.73 Å². The molecule has 0 fully saturated rings. The first kappa shape index (κ1) is 18.3. The van der Waals surface area contributed by atoms with Crippen LogP contribution in [-0.2, 0) is 23.9 Å². The molecule has 20 heavy (non-hydrogen) atoms. The summed E-state index contributed by atoms with van der Waals surface area (Å²) in [6.45, 7) is 8.18. The molecule has 0 aliphatic rings. The van der Waals surface area contributed by atoms with Crippen LogP contribution in [0, 0.1) is 0 Å². The highest BCUT2D eigenvalue weighted by Gasteiger charge is 2.32. The summed E-state index contributed by atoms with van der Waals surface area (Å²) in [7, 11) is 0. The maximum absolute atomic E-state index is 11.6. The van der Waals surface area contributed by atoms with Crippen LogP contribution in [0.25, 0.3) is 0 Å². The molecule has 0 aromatic heterocycles. The van der Waals surface area contributed by atoms with Gasteiger partial charge in [0.25, 0.3) is 0 Å². The Balaban J connectivity index is 4.43. The lowest BCUT2D eigenvalue weighted by Gasteiger charge is -2.21. The number of Topliss-reactive ketones (excluding diaryl/α,β-unsaturated/α-hetero) is 1. The summed E-state index contributed by atoms with van der Waals surface area (Å²) in [5.41, 5.74) is 4.76. The summed E-state index contributed by atoms with van der Waals surface area (Å²) in [6, 6.07) is -1.34. The normalized spacial score (nSPS) is 14.1. The first-order valence-corrected chi connectivity index (χ1v) is 6.05. The molecule has 3 N–H and O–H groups in total. The van der Waals surface area contributed by atoms with E-state index in [1.54, 1.807) is 20.8 Å². The van der Waals surface area contributed by atoms with Crippen LogP contribution in [0.2, 0.25) is 0 Å². The number of rotatable bonds is 7. The van der Waals surface area contributed by atoms with Crippen molar-refractivity contribution in [1.29, 1.82) is 0 Å². The van der Waals surface area contributed by atoms with Gasteiger partial charge in [-0.2, -0.15) is 0 Å². The van der Waals surface area contributed by atoms with E-state index in [-0.39, 0.29) is 6.61 Å². The number of ketones is 1. The molecule has 0 aliphatic heterocycles. The summed E-state index contributed by atoms with van der Waals surface area (Å²) in [4.78, 5) is 34.4. The Kier molecular flexibility index (Phi) is 7.09. The van der Waals surface area contributed by atoms with Crippen LogP contribution in [0.1, 0.15) is 27.2 Å². The Labute approximate surface area is 117 Å². The second kappa shape index (κ2) is 7.76. The van der Waals surface area contributed by atoms with Gasteiger partial charge in [0, 0.05) is 0 Å². The van der Waals surface area contributed by atoms with Gasteiger partial charge in [-0.05, 0) is 20.8 Å². The third-order valence-electron chi connectivity index (χ3n) is 2.01. The second-order valence-electron chi connectivity index (χ2n) is 5.12. The van der Waals surface area contributed by atoms with Crippen molar-refractivity contribution in [3.05, 3.63) is 12.7 Å². The molecule has 2 atom stereocenters. The molecular weight excluding hydrogens is 266 g/mol. The van der Waals surface area contributed by atoms with Crippen molar-refractivity contribution in [2.45, 2.75) is 44.9 Å². The van der Waals surface area contributed by atoms with Crippen molar-refractivity contribution in [2.75, 3.05) is 6.61 Å². The minimum absolute atomic E-state index is 0.134. The Bertz CT molecular complexity index is 385. The number of hydrogen-bond donors (Lipinski definition) is 2. The van der Waals surface area contributed by atoms with E-state index in [1.165, 1.54) is 6.08 Å². The minimum Gasteiger partial charge on any atom is -0.460 e. The van der Waals surface area contributed by atoms with E-state index in [4.69, 9.17) is 10.5 Å². The third-order valence-corrected chi connectivity index (χ3v) is 2.01. The Hall–Kier alpha value is -1.73. The van der Waals surface area contributed by atoms with E-state index in [9.17, 15) is 19.5 Å². The third kappa shape index (κ3) is 7.01. The molecule has 0 rings (SSSR count). The van der Waals surface area contributed by atoms with Gasteiger partial charge in [0.15, 0.2) is 5.78 Å². The molecule has 7 heteroatoms.